The number of benzene rings is 1. The monoisotopic (exact) mass is 369 g/mol. The minimum Gasteiger partial charge on any atom is -0.490 e. The van der Waals surface area contributed by atoms with Crippen LogP contribution in [0.3, 0.4) is 0 Å². The third kappa shape index (κ3) is 1.96. The van der Waals surface area contributed by atoms with E-state index in [2.05, 4.69) is 44.4 Å². The molecule has 27 heavy (non-hydrogen) atoms. The van der Waals surface area contributed by atoms with Gasteiger partial charge in [-0.3, -0.25) is 4.90 Å². The van der Waals surface area contributed by atoms with E-state index in [1.54, 1.807) is 0 Å². The smallest absolute Gasteiger partial charge is 0.166 e. The van der Waals surface area contributed by atoms with E-state index in [0.717, 1.165) is 49.3 Å². The predicted octanol–water partition coefficient (Wildman–Crippen LogP) is 3.59. The first-order valence-electron chi connectivity index (χ1n) is 10.4. The number of likely N-dealkylation sites (tertiary alicyclic amines) is 1. The van der Waals surface area contributed by atoms with E-state index in [9.17, 15) is 5.11 Å². The van der Waals surface area contributed by atoms with Gasteiger partial charge in [-0.25, -0.2) is 0 Å². The second kappa shape index (κ2) is 5.30. The summed E-state index contributed by atoms with van der Waals surface area (Å²) < 4.78 is 12.5. The Bertz CT molecular complexity index is 826. The average molecular weight is 370 g/mol. The van der Waals surface area contributed by atoms with Gasteiger partial charge in [-0.15, -0.1) is 0 Å². The number of hydrogen-bond acceptors (Lipinski definition) is 4. The molecule has 2 fully saturated rings. The van der Waals surface area contributed by atoms with Crippen LogP contribution >= 0.6 is 0 Å². The molecule has 4 aliphatic rings. The molecule has 146 valence electrons. The molecule has 1 saturated carbocycles. The zero-order valence-corrected chi connectivity index (χ0v) is 17.0. The van der Waals surface area contributed by atoms with Crippen molar-refractivity contribution >= 4 is 0 Å². The molecule has 2 aliphatic carbocycles. The highest BCUT2D eigenvalue weighted by Crippen LogP contribution is 2.66. The fraction of sp³-hybridized carbons (Fsp3) is 0.652. The van der Waals surface area contributed by atoms with Gasteiger partial charge in [-0.1, -0.05) is 12.6 Å². The molecule has 0 radical (unpaired) electrons. The van der Waals surface area contributed by atoms with Gasteiger partial charge in [0, 0.05) is 23.7 Å². The summed E-state index contributed by atoms with van der Waals surface area (Å²) in [7, 11) is 0. The maximum atomic E-state index is 12.3. The lowest BCUT2D eigenvalue weighted by Gasteiger charge is -2.65. The molecule has 4 heteroatoms. The van der Waals surface area contributed by atoms with Crippen LogP contribution in [0.1, 0.15) is 58.1 Å². The fourth-order valence-electron chi connectivity index (χ4n) is 6.52. The van der Waals surface area contributed by atoms with Gasteiger partial charge in [-0.05, 0) is 70.6 Å². The normalized spacial score (nSPS) is 37.0. The maximum Gasteiger partial charge on any atom is 0.166 e. The molecule has 1 aromatic rings. The van der Waals surface area contributed by atoms with Gasteiger partial charge in [-0.2, -0.15) is 0 Å². The molecule has 1 N–H and O–H groups in total. The van der Waals surface area contributed by atoms with E-state index < -0.39 is 5.60 Å². The average Bonchev–Trinajstić information content (AvgIpc) is 2.94. The molecule has 5 rings (SSSR count). The van der Waals surface area contributed by atoms with E-state index in [4.69, 9.17) is 9.47 Å². The zero-order valence-electron chi connectivity index (χ0n) is 17.0. The van der Waals surface area contributed by atoms with Crippen molar-refractivity contribution in [3.63, 3.8) is 0 Å². The third-order valence-corrected chi connectivity index (χ3v) is 7.56. The lowest BCUT2D eigenvalue weighted by atomic mass is 9.48. The van der Waals surface area contributed by atoms with Crippen LogP contribution in [-0.2, 0) is 11.8 Å². The molecule has 1 spiro atoms. The second-order valence-corrected chi connectivity index (χ2v) is 9.75. The summed E-state index contributed by atoms with van der Waals surface area (Å²) in [6.07, 6.45) is 3.21. The van der Waals surface area contributed by atoms with Gasteiger partial charge >= 0.3 is 0 Å². The SMILES string of the molecule is C=C1CC[C@@]2(O)C3Cc4ccc(OCC)c5c4[C@@]2(CCN3C(C)(C)C)C1O5. The number of ether oxygens (including phenoxy) is 2. The van der Waals surface area contributed by atoms with E-state index >= 15 is 0 Å². The molecule has 0 aromatic heterocycles. The Hall–Kier alpha value is -1.52. The molecule has 2 bridgehead atoms. The highest BCUT2D eigenvalue weighted by molar-refractivity contribution is 5.64. The molecule has 0 amide bonds. The lowest BCUT2D eigenvalue weighted by molar-refractivity contribution is -0.189. The summed E-state index contributed by atoms with van der Waals surface area (Å²) >= 11 is 0. The number of rotatable bonds is 2. The van der Waals surface area contributed by atoms with E-state index in [1.807, 2.05) is 6.92 Å². The maximum absolute atomic E-state index is 12.3. The van der Waals surface area contributed by atoms with Gasteiger partial charge < -0.3 is 14.6 Å². The molecule has 1 saturated heterocycles. The number of hydrogen-bond donors (Lipinski definition) is 1. The summed E-state index contributed by atoms with van der Waals surface area (Å²) in [4.78, 5) is 2.53. The van der Waals surface area contributed by atoms with Crippen LogP contribution in [0.5, 0.6) is 11.5 Å². The highest BCUT2D eigenvalue weighted by Gasteiger charge is 2.72. The van der Waals surface area contributed by atoms with Crippen molar-refractivity contribution in [3.8, 4) is 11.5 Å². The van der Waals surface area contributed by atoms with Crippen LogP contribution in [0.4, 0.5) is 0 Å². The highest BCUT2D eigenvalue weighted by atomic mass is 16.5. The van der Waals surface area contributed by atoms with Gasteiger partial charge in [0.2, 0.25) is 0 Å². The van der Waals surface area contributed by atoms with Crippen molar-refractivity contribution in [2.75, 3.05) is 13.2 Å². The van der Waals surface area contributed by atoms with Crippen LogP contribution < -0.4 is 9.47 Å². The van der Waals surface area contributed by atoms with E-state index in [0.29, 0.717) is 6.61 Å². The summed E-state index contributed by atoms with van der Waals surface area (Å²) in [6, 6.07) is 4.37. The van der Waals surface area contributed by atoms with Gasteiger partial charge in [0.15, 0.2) is 11.5 Å². The Morgan fingerprint density at radius 1 is 1.33 bits per heavy atom. The number of piperidine rings is 1. The van der Waals surface area contributed by atoms with Crippen LogP contribution in [0.25, 0.3) is 0 Å². The van der Waals surface area contributed by atoms with Crippen molar-refractivity contribution < 1.29 is 14.6 Å². The number of nitrogens with zero attached hydrogens (tertiary/aromatic N) is 1. The van der Waals surface area contributed by atoms with Crippen molar-refractivity contribution in [1.29, 1.82) is 0 Å². The number of aliphatic hydroxyl groups is 1. The minimum absolute atomic E-state index is 0.0248. The molecule has 1 aromatic carbocycles. The molecular weight excluding hydrogens is 338 g/mol. The standard InChI is InChI=1S/C23H31NO3/c1-6-26-16-8-7-15-13-17-23(25)10-9-14(2)20-22(23,18(15)19(16)27-20)11-12-24(17)21(3,4)5/h7-8,17,20,25H,2,6,9-13H2,1,3-5H3/t17?,20?,22-,23+/m0/s1. The van der Waals surface area contributed by atoms with Crippen LogP contribution in [0.15, 0.2) is 24.3 Å². The predicted molar refractivity (Wildman–Crippen MR) is 106 cm³/mol. The summed E-state index contributed by atoms with van der Waals surface area (Å²) in [5.41, 5.74) is 2.50. The van der Waals surface area contributed by atoms with E-state index in [-0.39, 0.29) is 23.1 Å². The van der Waals surface area contributed by atoms with Crippen molar-refractivity contribution in [2.45, 2.75) is 82.1 Å². The first-order valence-corrected chi connectivity index (χ1v) is 10.4. The Morgan fingerprint density at radius 3 is 2.81 bits per heavy atom. The van der Waals surface area contributed by atoms with E-state index in [1.165, 1.54) is 11.1 Å². The lowest BCUT2D eigenvalue weighted by Crippen LogP contribution is -2.77. The second-order valence-electron chi connectivity index (χ2n) is 9.75. The van der Waals surface area contributed by atoms with Gasteiger partial charge in [0.1, 0.15) is 6.10 Å². The summed E-state index contributed by atoms with van der Waals surface area (Å²) in [5.74, 6) is 1.68. The van der Waals surface area contributed by atoms with Gasteiger partial charge in [0.05, 0.1) is 17.6 Å². The molecule has 4 nitrogen and oxygen atoms in total. The summed E-state index contributed by atoms with van der Waals surface area (Å²) in [6.45, 7) is 14.7. The molecule has 2 heterocycles. The zero-order chi connectivity index (χ0) is 19.2. The van der Waals surface area contributed by atoms with Crippen LogP contribution in [-0.4, -0.2) is 46.4 Å². The Kier molecular flexibility index (Phi) is 3.45. The quantitative estimate of drug-likeness (QED) is 0.809. The van der Waals surface area contributed by atoms with Crippen LogP contribution in [0.2, 0.25) is 0 Å². The van der Waals surface area contributed by atoms with Gasteiger partial charge in [0.25, 0.3) is 0 Å². The largest absolute Gasteiger partial charge is 0.490 e. The molecule has 2 aliphatic heterocycles. The Balaban J connectivity index is 1.77. The van der Waals surface area contributed by atoms with Crippen molar-refractivity contribution in [1.82, 2.24) is 4.90 Å². The van der Waals surface area contributed by atoms with Crippen LogP contribution in [0, 0.1) is 0 Å². The molecular formula is C23H31NO3. The van der Waals surface area contributed by atoms with Crippen molar-refractivity contribution in [3.05, 3.63) is 35.4 Å². The topological polar surface area (TPSA) is 41.9 Å². The van der Waals surface area contributed by atoms with Crippen molar-refractivity contribution in [2.24, 2.45) is 0 Å². The Morgan fingerprint density at radius 2 is 2.11 bits per heavy atom. The molecule has 2 unspecified atom stereocenters. The first kappa shape index (κ1) is 17.6. The third-order valence-electron chi connectivity index (χ3n) is 7.56. The molecule has 4 atom stereocenters. The Labute approximate surface area is 162 Å². The first-order chi connectivity index (χ1) is 12.7. The minimum atomic E-state index is -0.784. The summed E-state index contributed by atoms with van der Waals surface area (Å²) in [5, 5.41) is 12.3. The fourth-order valence-corrected chi connectivity index (χ4v) is 6.52.